The summed E-state index contributed by atoms with van der Waals surface area (Å²) in [5.41, 5.74) is 0.862. The quantitative estimate of drug-likeness (QED) is 0.369. The zero-order valence-corrected chi connectivity index (χ0v) is 16.1. The van der Waals surface area contributed by atoms with Crippen molar-refractivity contribution >= 4 is 38.6 Å². The number of sulfonamides is 1. The Balaban J connectivity index is 1.50. The molecule has 28 heavy (non-hydrogen) atoms. The summed E-state index contributed by atoms with van der Waals surface area (Å²) in [5, 5.41) is 6.26. The molecule has 5 nitrogen and oxygen atoms in total. The lowest BCUT2D eigenvalue weighted by molar-refractivity contribution is 0.573. The van der Waals surface area contributed by atoms with Gasteiger partial charge in [0.05, 0.1) is 11.1 Å². The lowest BCUT2D eigenvalue weighted by Crippen LogP contribution is -2.18. The van der Waals surface area contributed by atoms with Gasteiger partial charge in [-0.3, -0.25) is 0 Å². The van der Waals surface area contributed by atoms with E-state index in [1.165, 1.54) is 6.21 Å². The molecule has 0 radical (unpaired) electrons. The number of hydrogen-bond donors (Lipinski definition) is 1. The Morgan fingerprint density at radius 1 is 0.893 bits per heavy atom. The highest BCUT2D eigenvalue weighted by Crippen LogP contribution is 2.23. The molecule has 0 bridgehead atoms. The van der Waals surface area contributed by atoms with E-state index in [4.69, 9.17) is 16.0 Å². The minimum absolute atomic E-state index is 0.143. The van der Waals surface area contributed by atoms with Gasteiger partial charge in [0.15, 0.2) is 0 Å². The molecule has 4 rings (SSSR count). The van der Waals surface area contributed by atoms with Gasteiger partial charge in [-0.1, -0.05) is 41.9 Å². The van der Waals surface area contributed by atoms with E-state index in [-0.39, 0.29) is 4.90 Å². The van der Waals surface area contributed by atoms with Crippen LogP contribution in [0.5, 0.6) is 0 Å². The third-order valence-corrected chi connectivity index (χ3v) is 5.62. The molecular formula is C21H15ClN2O3S. The Bertz CT molecular complexity index is 1260. The molecule has 0 saturated heterocycles. The number of fused-ring (bicyclic) bond motifs is 1. The molecule has 1 N–H and O–H groups in total. The third kappa shape index (κ3) is 3.93. The second-order valence-corrected chi connectivity index (χ2v) is 8.17. The highest BCUT2D eigenvalue weighted by molar-refractivity contribution is 7.89. The van der Waals surface area contributed by atoms with Crippen molar-refractivity contribution in [2.24, 2.45) is 5.10 Å². The highest BCUT2D eigenvalue weighted by atomic mass is 35.5. The molecular weight excluding hydrogens is 396 g/mol. The van der Waals surface area contributed by atoms with E-state index in [1.54, 1.807) is 42.5 Å². The molecule has 0 spiro atoms. The van der Waals surface area contributed by atoms with Crippen molar-refractivity contribution < 1.29 is 12.8 Å². The van der Waals surface area contributed by atoms with Crippen LogP contribution in [0.2, 0.25) is 5.02 Å². The minimum atomic E-state index is -3.78. The van der Waals surface area contributed by atoms with Crippen molar-refractivity contribution in [2.45, 2.75) is 4.90 Å². The van der Waals surface area contributed by atoms with Crippen LogP contribution in [0.4, 0.5) is 0 Å². The Morgan fingerprint density at radius 2 is 1.64 bits per heavy atom. The summed E-state index contributed by atoms with van der Waals surface area (Å²) in [7, 11) is -3.78. The van der Waals surface area contributed by atoms with Gasteiger partial charge in [-0.05, 0) is 59.3 Å². The average molecular weight is 411 g/mol. The van der Waals surface area contributed by atoms with Crippen LogP contribution in [0.3, 0.4) is 0 Å². The fourth-order valence-corrected chi connectivity index (χ4v) is 3.69. The van der Waals surface area contributed by atoms with Gasteiger partial charge in [0, 0.05) is 10.6 Å². The van der Waals surface area contributed by atoms with E-state index in [1.807, 2.05) is 36.4 Å². The van der Waals surface area contributed by atoms with Crippen molar-refractivity contribution in [3.8, 4) is 11.3 Å². The van der Waals surface area contributed by atoms with Gasteiger partial charge in [-0.25, -0.2) is 0 Å². The van der Waals surface area contributed by atoms with Crippen molar-refractivity contribution in [1.82, 2.24) is 4.83 Å². The number of benzene rings is 3. The molecule has 0 aliphatic carbocycles. The molecule has 0 aliphatic rings. The van der Waals surface area contributed by atoms with Crippen molar-refractivity contribution in [3.63, 3.8) is 0 Å². The van der Waals surface area contributed by atoms with Crippen LogP contribution >= 0.6 is 11.6 Å². The number of nitrogens with zero attached hydrogens (tertiary/aromatic N) is 1. The molecule has 1 aromatic heterocycles. The summed E-state index contributed by atoms with van der Waals surface area (Å²) < 4.78 is 30.6. The van der Waals surface area contributed by atoms with Gasteiger partial charge in [-0.2, -0.15) is 18.4 Å². The molecule has 3 aromatic carbocycles. The molecule has 4 aromatic rings. The van der Waals surface area contributed by atoms with Crippen molar-refractivity contribution in [1.29, 1.82) is 0 Å². The second-order valence-electron chi connectivity index (χ2n) is 6.07. The SMILES string of the molecule is O=S(=O)(N/N=C/c1ccc(-c2ccc(Cl)cc2)o1)c1ccc2ccccc2c1. The zero-order valence-electron chi connectivity index (χ0n) is 14.5. The summed E-state index contributed by atoms with van der Waals surface area (Å²) in [4.78, 5) is 2.35. The fourth-order valence-electron chi connectivity index (χ4n) is 2.74. The monoisotopic (exact) mass is 410 g/mol. The molecule has 0 saturated carbocycles. The number of hydrogen-bond acceptors (Lipinski definition) is 4. The first-order chi connectivity index (χ1) is 13.5. The van der Waals surface area contributed by atoms with Crippen LogP contribution in [0.25, 0.3) is 22.1 Å². The Kier molecular flexibility index (Phi) is 4.90. The maximum Gasteiger partial charge on any atom is 0.276 e. The van der Waals surface area contributed by atoms with Crippen LogP contribution in [-0.4, -0.2) is 14.6 Å². The van der Waals surface area contributed by atoms with Gasteiger partial charge in [0.1, 0.15) is 11.5 Å². The average Bonchev–Trinajstić information content (AvgIpc) is 3.17. The third-order valence-electron chi connectivity index (χ3n) is 4.15. The van der Waals surface area contributed by atoms with E-state index in [9.17, 15) is 8.42 Å². The molecule has 140 valence electrons. The predicted octanol–water partition coefficient (Wildman–Crippen LogP) is 5.07. The summed E-state index contributed by atoms with van der Waals surface area (Å²) >= 11 is 5.88. The molecule has 7 heteroatoms. The first kappa shape index (κ1) is 18.3. The summed E-state index contributed by atoms with van der Waals surface area (Å²) in [6.07, 6.45) is 1.32. The number of nitrogens with one attached hydrogen (secondary N) is 1. The van der Waals surface area contributed by atoms with Crippen LogP contribution < -0.4 is 4.83 Å². The highest BCUT2D eigenvalue weighted by Gasteiger charge is 2.13. The van der Waals surface area contributed by atoms with Gasteiger partial charge >= 0.3 is 0 Å². The van der Waals surface area contributed by atoms with Crippen LogP contribution in [0, 0.1) is 0 Å². The Labute approximate surface area is 167 Å². The second kappa shape index (κ2) is 7.50. The van der Waals surface area contributed by atoms with Gasteiger partial charge in [-0.15, -0.1) is 0 Å². The molecule has 0 atom stereocenters. The Morgan fingerprint density at radius 3 is 2.43 bits per heavy atom. The molecule has 0 unspecified atom stereocenters. The number of rotatable bonds is 5. The fraction of sp³-hybridized carbons (Fsp3) is 0. The van der Waals surface area contributed by atoms with Crippen LogP contribution in [0.15, 0.2) is 93.3 Å². The normalized spacial score (nSPS) is 11.9. The zero-order chi connectivity index (χ0) is 19.6. The standard InChI is InChI=1S/C21H15ClN2O3S/c22-18-8-5-16(6-9-18)21-12-10-19(27-21)14-23-24-28(25,26)20-11-7-15-3-1-2-4-17(15)13-20/h1-14,24H/b23-14+. The summed E-state index contributed by atoms with van der Waals surface area (Å²) in [6.45, 7) is 0. The first-order valence-electron chi connectivity index (χ1n) is 8.41. The van der Waals surface area contributed by atoms with Crippen molar-refractivity contribution in [3.05, 3.63) is 89.6 Å². The van der Waals surface area contributed by atoms with Crippen molar-refractivity contribution in [2.75, 3.05) is 0 Å². The predicted molar refractivity (Wildman–Crippen MR) is 111 cm³/mol. The maximum absolute atomic E-state index is 12.5. The first-order valence-corrected chi connectivity index (χ1v) is 10.3. The smallest absolute Gasteiger partial charge is 0.276 e. The van der Waals surface area contributed by atoms with Crippen LogP contribution in [-0.2, 0) is 10.0 Å². The van der Waals surface area contributed by atoms with Crippen LogP contribution in [0.1, 0.15) is 5.76 Å². The van der Waals surface area contributed by atoms with E-state index < -0.39 is 10.0 Å². The van der Waals surface area contributed by atoms with E-state index in [0.29, 0.717) is 16.5 Å². The van der Waals surface area contributed by atoms with E-state index >= 15 is 0 Å². The Hall–Kier alpha value is -3.09. The summed E-state index contributed by atoms with van der Waals surface area (Å²) in [5.74, 6) is 1.06. The molecule has 0 amide bonds. The van der Waals surface area contributed by atoms with Gasteiger partial charge in [0.2, 0.25) is 0 Å². The van der Waals surface area contributed by atoms with Gasteiger partial charge < -0.3 is 4.42 Å². The maximum atomic E-state index is 12.5. The summed E-state index contributed by atoms with van der Waals surface area (Å²) in [6, 6.07) is 23.2. The molecule has 1 heterocycles. The molecule has 0 fully saturated rings. The minimum Gasteiger partial charge on any atom is -0.455 e. The number of furan rings is 1. The largest absolute Gasteiger partial charge is 0.455 e. The molecule has 0 aliphatic heterocycles. The number of hydrazone groups is 1. The topological polar surface area (TPSA) is 71.7 Å². The lowest BCUT2D eigenvalue weighted by atomic mass is 10.1. The van der Waals surface area contributed by atoms with E-state index in [2.05, 4.69) is 9.93 Å². The van der Waals surface area contributed by atoms with E-state index in [0.717, 1.165) is 16.3 Å². The van der Waals surface area contributed by atoms with Gasteiger partial charge in [0.25, 0.3) is 10.0 Å². The number of halogens is 1. The lowest BCUT2D eigenvalue weighted by Gasteiger charge is -2.04.